The van der Waals surface area contributed by atoms with Crippen molar-refractivity contribution < 1.29 is 4.79 Å². The van der Waals surface area contributed by atoms with Crippen LogP contribution in [0.2, 0.25) is 0 Å². The van der Waals surface area contributed by atoms with Crippen molar-refractivity contribution in [2.75, 3.05) is 20.1 Å². The lowest BCUT2D eigenvalue weighted by Gasteiger charge is -2.33. The van der Waals surface area contributed by atoms with Gasteiger partial charge in [0.05, 0.1) is 6.20 Å². The largest absolute Gasteiger partial charge is 0.333 e. The summed E-state index contributed by atoms with van der Waals surface area (Å²) in [5, 5.41) is 0.702. The first-order chi connectivity index (χ1) is 11.7. The second-order valence-corrected chi connectivity index (χ2v) is 7.53. The van der Waals surface area contributed by atoms with E-state index in [-0.39, 0.29) is 5.91 Å². The van der Waals surface area contributed by atoms with E-state index >= 15 is 0 Å². The van der Waals surface area contributed by atoms with Gasteiger partial charge in [-0.1, -0.05) is 0 Å². The van der Waals surface area contributed by atoms with Crippen LogP contribution in [0, 0.1) is 0 Å². The molecule has 126 valence electrons. The lowest BCUT2D eigenvalue weighted by molar-refractivity contribution is 0.0669. The number of rotatable bonds is 3. The van der Waals surface area contributed by atoms with E-state index in [4.69, 9.17) is 0 Å². The lowest BCUT2D eigenvalue weighted by Crippen LogP contribution is -2.46. The molecule has 0 aliphatic carbocycles. The van der Waals surface area contributed by atoms with Gasteiger partial charge < -0.3 is 9.80 Å². The van der Waals surface area contributed by atoms with Crippen molar-refractivity contribution in [1.29, 1.82) is 0 Å². The molecule has 2 aromatic rings. The van der Waals surface area contributed by atoms with Gasteiger partial charge in [0, 0.05) is 31.0 Å². The molecule has 2 aliphatic rings. The van der Waals surface area contributed by atoms with Gasteiger partial charge in [-0.2, -0.15) is 0 Å². The van der Waals surface area contributed by atoms with Crippen LogP contribution in [-0.4, -0.2) is 62.9 Å². The van der Waals surface area contributed by atoms with Crippen molar-refractivity contribution in [3.8, 4) is 10.8 Å². The smallest absolute Gasteiger partial charge is 0.265 e. The van der Waals surface area contributed by atoms with Gasteiger partial charge in [-0.25, -0.2) is 15.0 Å². The summed E-state index contributed by atoms with van der Waals surface area (Å²) < 4.78 is 0. The van der Waals surface area contributed by atoms with E-state index in [0.717, 1.165) is 25.9 Å². The summed E-state index contributed by atoms with van der Waals surface area (Å²) >= 11 is 1.39. The van der Waals surface area contributed by atoms with Crippen molar-refractivity contribution in [2.45, 2.75) is 37.8 Å². The van der Waals surface area contributed by atoms with Gasteiger partial charge in [-0.3, -0.25) is 4.79 Å². The molecule has 6 nitrogen and oxygen atoms in total. The molecule has 4 heterocycles. The van der Waals surface area contributed by atoms with Crippen molar-refractivity contribution >= 4 is 17.2 Å². The van der Waals surface area contributed by atoms with Gasteiger partial charge in [0.25, 0.3) is 5.91 Å². The molecule has 2 aliphatic heterocycles. The van der Waals surface area contributed by atoms with Crippen LogP contribution >= 0.6 is 11.3 Å². The summed E-state index contributed by atoms with van der Waals surface area (Å²) in [6.07, 6.45) is 9.68. The predicted molar refractivity (Wildman–Crippen MR) is 92.9 cm³/mol. The average Bonchev–Trinajstić information content (AvgIpc) is 3.35. The highest BCUT2D eigenvalue weighted by Gasteiger charge is 2.39. The summed E-state index contributed by atoms with van der Waals surface area (Å²) in [6, 6.07) is 2.61. The van der Waals surface area contributed by atoms with Crippen molar-refractivity contribution in [3.05, 3.63) is 29.5 Å². The second-order valence-electron chi connectivity index (χ2n) is 6.50. The van der Waals surface area contributed by atoms with Crippen LogP contribution in [-0.2, 0) is 0 Å². The molecule has 0 unspecified atom stereocenters. The van der Waals surface area contributed by atoms with Gasteiger partial charge in [-0.15, -0.1) is 11.3 Å². The fraction of sp³-hybridized carbons (Fsp3) is 0.529. The third-order valence-electron chi connectivity index (χ3n) is 5.05. The Morgan fingerprint density at radius 1 is 1.12 bits per heavy atom. The maximum atomic E-state index is 13.0. The molecular formula is C17H21N5OS. The summed E-state index contributed by atoms with van der Waals surface area (Å²) in [5.74, 6) is 0.688. The van der Waals surface area contributed by atoms with Crippen LogP contribution in [0.5, 0.6) is 0 Å². The first-order valence-corrected chi connectivity index (χ1v) is 9.30. The number of carbonyl (C=O) groups is 1. The Morgan fingerprint density at radius 2 is 1.88 bits per heavy atom. The summed E-state index contributed by atoms with van der Waals surface area (Å²) in [5.41, 5.74) is 0. The van der Waals surface area contributed by atoms with Crippen LogP contribution in [0.4, 0.5) is 0 Å². The zero-order valence-corrected chi connectivity index (χ0v) is 14.6. The molecule has 2 atom stereocenters. The molecule has 1 amide bonds. The Labute approximate surface area is 145 Å². The molecule has 7 heteroatoms. The van der Waals surface area contributed by atoms with E-state index < -0.39 is 0 Å². The number of nitrogens with zero attached hydrogens (tertiary/aromatic N) is 5. The number of aromatic nitrogens is 3. The first kappa shape index (κ1) is 15.7. The summed E-state index contributed by atoms with van der Waals surface area (Å²) in [7, 11) is 2.18. The van der Waals surface area contributed by atoms with Gasteiger partial charge in [0.1, 0.15) is 4.88 Å². The number of likely N-dealkylation sites (tertiary alicyclic amines) is 2. The number of hydrogen-bond donors (Lipinski definition) is 0. The fourth-order valence-electron chi connectivity index (χ4n) is 3.89. The van der Waals surface area contributed by atoms with Crippen LogP contribution in [0.1, 0.15) is 35.4 Å². The van der Waals surface area contributed by atoms with Crippen molar-refractivity contribution in [1.82, 2.24) is 24.8 Å². The topological polar surface area (TPSA) is 62.2 Å². The molecule has 2 saturated heterocycles. The third kappa shape index (κ3) is 2.82. The highest BCUT2D eigenvalue weighted by molar-refractivity contribution is 7.16. The van der Waals surface area contributed by atoms with Gasteiger partial charge in [0.2, 0.25) is 0 Å². The van der Waals surface area contributed by atoms with E-state index in [9.17, 15) is 4.79 Å². The van der Waals surface area contributed by atoms with Crippen molar-refractivity contribution in [2.24, 2.45) is 0 Å². The van der Waals surface area contributed by atoms with Crippen LogP contribution in [0.3, 0.4) is 0 Å². The second kappa shape index (κ2) is 6.57. The third-order valence-corrected chi connectivity index (χ3v) is 6.04. The first-order valence-electron chi connectivity index (χ1n) is 8.48. The minimum absolute atomic E-state index is 0.109. The molecule has 4 rings (SSSR count). The van der Waals surface area contributed by atoms with Gasteiger partial charge in [-0.05, 0) is 45.3 Å². The Bertz CT molecular complexity index is 719. The fourth-order valence-corrected chi connectivity index (χ4v) is 4.71. The van der Waals surface area contributed by atoms with Gasteiger partial charge in [0.15, 0.2) is 10.8 Å². The van der Waals surface area contributed by atoms with E-state index in [1.165, 1.54) is 24.2 Å². The van der Waals surface area contributed by atoms with E-state index in [1.54, 1.807) is 24.7 Å². The highest BCUT2D eigenvalue weighted by Crippen LogP contribution is 2.31. The van der Waals surface area contributed by atoms with Crippen molar-refractivity contribution in [3.63, 3.8) is 0 Å². The molecule has 24 heavy (non-hydrogen) atoms. The predicted octanol–water partition coefficient (Wildman–Crippen LogP) is 2.30. The van der Waals surface area contributed by atoms with Crippen LogP contribution in [0.15, 0.2) is 24.7 Å². The Balaban J connectivity index is 1.54. The van der Waals surface area contributed by atoms with E-state index in [1.807, 2.05) is 0 Å². The Hall–Kier alpha value is -1.86. The number of carbonyl (C=O) groups excluding carboxylic acids is 1. The zero-order valence-electron chi connectivity index (χ0n) is 13.8. The normalized spacial score (nSPS) is 24.6. The standard InChI is InChI=1S/C17H21N5OS/c1-21-9-2-5-12(21)13-6-3-10-22(13)17(23)14-11-20-16(24-14)15-18-7-4-8-19-15/h4,7-8,11-13H,2-3,5-6,9-10H2,1H3/t12-,13-/m0/s1. The molecule has 0 radical (unpaired) electrons. The van der Waals surface area contributed by atoms with Crippen LogP contribution < -0.4 is 0 Å². The lowest BCUT2D eigenvalue weighted by atomic mass is 10.0. The molecule has 2 aromatic heterocycles. The number of amides is 1. The minimum atomic E-state index is 0.109. The molecular weight excluding hydrogens is 322 g/mol. The maximum Gasteiger partial charge on any atom is 0.265 e. The summed E-state index contributed by atoms with van der Waals surface area (Å²) in [6.45, 7) is 1.99. The number of hydrogen-bond acceptors (Lipinski definition) is 6. The Morgan fingerprint density at radius 3 is 2.62 bits per heavy atom. The number of thiazole rings is 1. The average molecular weight is 343 g/mol. The molecule has 0 bridgehead atoms. The molecule has 0 spiro atoms. The summed E-state index contributed by atoms with van der Waals surface area (Å²) in [4.78, 5) is 30.9. The zero-order chi connectivity index (χ0) is 16.5. The minimum Gasteiger partial charge on any atom is -0.333 e. The molecule has 0 aromatic carbocycles. The van der Waals surface area contributed by atoms with E-state index in [2.05, 4.69) is 31.8 Å². The monoisotopic (exact) mass is 343 g/mol. The number of likely N-dealkylation sites (N-methyl/N-ethyl adjacent to an activating group) is 1. The highest BCUT2D eigenvalue weighted by atomic mass is 32.1. The van der Waals surface area contributed by atoms with Gasteiger partial charge >= 0.3 is 0 Å². The Kier molecular flexibility index (Phi) is 4.28. The quantitative estimate of drug-likeness (QED) is 0.856. The SMILES string of the molecule is CN1CCC[C@H]1[C@@H]1CCCN1C(=O)c1cnc(-c2ncccn2)s1. The molecule has 2 fully saturated rings. The molecule has 0 saturated carbocycles. The van der Waals surface area contributed by atoms with E-state index in [0.29, 0.717) is 27.8 Å². The maximum absolute atomic E-state index is 13.0. The van der Waals surface area contributed by atoms with Crippen LogP contribution in [0.25, 0.3) is 10.8 Å². The molecule has 0 N–H and O–H groups in total.